The number of ketones is 2. The highest BCUT2D eigenvalue weighted by Crippen LogP contribution is 2.41. The number of amides is 4. The Hall–Kier alpha value is -6.74. The fourth-order valence-corrected chi connectivity index (χ4v) is 7.01. The lowest BCUT2D eigenvalue weighted by molar-refractivity contribution is -0.137. The molecule has 0 radical (unpaired) electrons. The number of alkyl halides is 6. The van der Waals surface area contributed by atoms with Crippen LogP contribution in [0.15, 0.2) is 105 Å². The minimum Gasteiger partial charge on any atom is -0.324 e. The number of hydrogen-bond acceptors (Lipinski definition) is 10. The van der Waals surface area contributed by atoms with Crippen molar-refractivity contribution in [3.63, 3.8) is 0 Å². The lowest BCUT2D eigenvalue weighted by Crippen LogP contribution is -2.33. The molecule has 0 aromatic heterocycles. The largest absolute Gasteiger partial charge is 0.418 e. The zero-order valence-electron chi connectivity index (χ0n) is 35.3. The van der Waals surface area contributed by atoms with E-state index in [4.69, 9.17) is 46.4 Å². The van der Waals surface area contributed by atoms with E-state index in [1.54, 1.807) is 13.8 Å². The maximum Gasteiger partial charge on any atom is 0.418 e. The van der Waals surface area contributed by atoms with Gasteiger partial charge in [-0.05, 0) is 112 Å². The summed E-state index contributed by atoms with van der Waals surface area (Å²) in [7, 11) is 0. The van der Waals surface area contributed by atoms with E-state index in [0.29, 0.717) is 11.1 Å². The van der Waals surface area contributed by atoms with Crippen molar-refractivity contribution in [3.8, 4) is 0 Å². The van der Waals surface area contributed by atoms with Gasteiger partial charge in [-0.2, -0.15) is 46.8 Å². The van der Waals surface area contributed by atoms with Crippen LogP contribution in [-0.2, 0) is 31.5 Å². The van der Waals surface area contributed by atoms with E-state index in [-0.39, 0.29) is 43.9 Å². The highest BCUT2D eigenvalue weighted by atomic mass is 35.5. The smallest absolute Gasteiger partial charge is 0.324 e. The third-order valence-corrected chi connectivity index (χ3v) is 10.7. The van der Waals surface area contributed by atoms with Gasteiger partial charge in [0.15, 0.2) is 11.6 Å². The van der Waals surface area contributed by atoms with Crippen molar-refractivity contribution in [2.45, 2.75) is 52.1 Å². The molecule has 5 rings (SSSR count). The number of carbonyl (C=O) groups is 6. The molecule has 14 nitrogen and oxygen atoms in total. The fourth-order valence-electron chi connectivity index (χ4n) is 6.16. The highest BCUT2D eigenvalue weighted by Gasteiger charge is 2.36. The molecule has 2 atom stereocenters. The van der Waals surface area contributed by atoms with Crippen molar-refractivity contribution in [3.05, 3.63) is 138 Å². The summed E-state index contributed by atoms with van der Waals surface area (Å²) < 4.78 is 81.7. The number of rotatable bonds is 14. The SMILES string of the molecule is CC(=O)C(N=Nc1ccc(Cl)c(C(=O)Nc2c(Cl)cccc2C(F)(F)F)c1)C(=O)Nc1cc(C)c(NC(=O)C(N=Nc2ccc(Cl)c(C(=O)Nc3c(Cl)cccc3C(F)(F)F)c2)C(C)=O)c(C)c1. The van der Waals surface area contributed by atoms with Crippen LogP contribution < -0.4 is 21.3 Å². The van der Waals surface area contributed by atoms with Crippen LogP contribution in [0.3, 0.4) is 0 Å². The third kappa shape index (κ3) is 12.8. The van der Waals surface area contributed by atoms with Crippen LogP contribution >= 0.6 is 46.4 Å². The quantitative estimate of drug-likeness (QED) is 0.0484. The first-order valence-corrected chi connectivity index (χ1v) is 20.8. The van der Waals surface area contributed by atoms with Crippen LogP contribution in [0.25, 0.3) is 0 Å². The Morgan fingerprint density at radius 1 is 0.500 bits per heavy atom. The van der Waals surface area contributed by atoms with E-state index < -0.39 is 92.2 Å². The summed E-state index contributed by atoms with van der Waals surface area (Å²) in [6.07, 6.45) is -9.72. The minimum atomic E-state index is -4.86. The van der Waals surface area contributed by atoms with Gasteiger partial charge in [-0.25, -0.2) is 0 Å². The van der Waals surface area contributed by atoms with Crippen molar-refractivity contribution in [1.82, 2.24) is 0 Å². The first-order valence-electron chi connectivity index (χ1n) is 19.3. The number of nitrogens with zero attached hydrogens (tertiary/aromatic N) is 4. The maximum atomic E-state index is 13.6. The van der Waals surface area contributed by atoms with E-state index in [1.807, 2.05) is 0 Å². The molecular weight excluding hydrogens is 992 g/mol. The summed E-state index contributed by atoms with van der Waals surface area (Å²) >= 11 is 24.3. The summed E-state index contributed by atoms with van der Waals surface area (Å²) in [4.78, 5) is 78.1. The molecule has 24 heteroatoms. The molecular formula is C44H32Cl4F6N8O6. The first-order chi connectivity index (χ1) is 31.8. The minimum absolute atomic E-state index is 0.106. The second kappa shape index (κ2) is 21.5. The van der Waals surface area contributed by atoms with Crippen LogP contribution in [0, 0.1) is 13.8 Å². The Balaban J connectivity index is 1.28. The summed E-state index contributed by atoms with van der Waals surface area (Å²) in [6, 6.07) is 12.3. The Labute approximate surface area is 401 Å². The summed E-state index contributed by atoms with van der Waals surface area (Å²) in [5, 5.41) is 23.7. The predicted molar refractivity (Wildman–Crippen MR) is 243 cm³/mol. The van der Waals surface area contributed by atoms with Gasteiger partial charge in [0.25, 0.3) is 23.6 Å². The maximum absolute atomic E-state index is 13.6. The van der Waals surface area contributed by atoms with Gasteiger partial charge < -0.3 is 21.3 Å². The van der Waals surface area contributed by atoms with Crippen LogP contribution in [0.1, 0.15) is 56.8 Å². The molecule has 0 spiro atoms. The monoisotopic (exact) mass is 1020 g/mol. The van der Waals surface area contributed by atoms with Gasteiger partial charge in [-0.15, -0.1) is 0 Å². The molecule has 354 valence electrons. The highest BCUT2D eigenvalue weighted by molar-refractivity contribution is 6.37. The average molecular weight is 1020 g/mol. The standard InChI is InChI=1S/C44H32Cl4F6N8O6/c1-19-15-25(55-41(67)35(21(3)63)61-59-23-11-13-30(45)26(17-23)39(65)57-37-28(43(49,50)51)7-5-9-32(37)47)16-20(2)34(19)56-42(68)36(22(4)64)62-60-24-12-14-31(46)27(18-24)40(66)58-38-29(44(52,53)54)8-6-10-33(38)48/h5-18,35-36H,1-4H3,(H,55,67)(H,56,68)(H,57,65)(H,58,66). The zero-order chi connectivity index (χ0) is 50.4. The van der Waals surface area contributed by atoms with Gasteiger partial charge in [-0.1, -0.05) is 58.5 Å². The Morgan fingerprint density at radius 2 is 0.882 bits per heavy atom. The Bertz CT molecular complexity index is 2910. The topological polar surface area (TPSA) is 200 Å². The van der Waals surface area contributed by atoms with E-state index in [9.17, 15) is 55.1 Å². The molecule has 0 aliphatic carbocycles. The van der Waals surface area contributed by atoms with Crippen LogP contribution in [0.2, 0.25) is 20.1 Å². The number of Topliss-reactive ketones (excluding diaryl/α,β-unsaturated/α-hetero) is 2. The number of azo groups is 2. The van der Waals surface area contributed by atoms with E-state index in [1.165, 1.54) is 36.4 Å². The molecule has 0 saturated heterocycles. The first kappa shape index (κ1) is 52.2. The number of para-hydroxylation sites is 2. The zero-order valence-corrected chi connectivity index (χ0v) is 38.3. The third-order valence-electron chi connectivity index (χ3n) is 9.40. The lowest BCUT2D eigenvalue weighted by atomic mass is 10.1. The molecule has 2 unspecified atom stereocenters. The molecule has 0 aliphatic heterocycles. The molecule has 5 aromatic rings. The molecule has 0 fully saturated rings. The summed E-state index contributed by atoms with van der Waals surface area (Å²) in [5.74, 6) is -5.56. The summed E-state index contributed by atoms with van der Waals surface area (Å²) in [5.41, 5.74) is -3.65. The average Bonchev–Trinajstić information content (AvgIpc) is 3.23. The van der Waals surface area contributed by atoms with Crippen molar-refractivity contribution in [1.29, 1.82) is 0 Å². The van der Waals surface area contributed by atoms with Crippen molar-refractivity contribution in [2.75, 3.05) is 21.3 Å². The number of nitrogens with one attached hydrogen (secondary N) is 4. The van der Waals surface area contributed by atoms with Crippen LogP contribution in [0.5, 0.6) is 0 Å². The number of carbonyl (C=O) groups excluding carboxylic acids is 6. The molecule has 0 saturated carbocycles. The second-order valence-electron chi connectivity index (χ2n) is 14.5. The lowest BCUT2D eigenvalue weighted by Gasteiger charge is -2.17. The van der Waals surface area contributed by atoms with Crippen molar-refractivity contribution in [2.24, 2.45) is 20.5 Å². The Morgan fingerprint density at radius 3 is 1.25 bits per heavy atom. The second-order valence-corrected chi connectivity index (χ2v) is 16.1. The van der Waals surface area contributed by atoms with Gasteiger partial charge >= 0.3 is 12.4 Å². The summed E-state index contributed by atoms with van der Waals surface area (Å²) in [6.45, 7) is 5.23. The molecule has 0 bridgehead atoms. The van der Waals surface area contributed by atoms with Crippen molar-refractivity contribution < 1.29 is 55.1 Å². The van der Waals surface area contributed by atoms with Gasteiger partial charge in [0.05, 0.1) is 65.1 Å². The van der Waals surface area contributed by atoms with Crippen LogP contribution in [-0.4, -0.2) is 47.3 Å². The van der Waals surface area contributed by atoms with E-state index >= 15 is 0 Å². The predicted octanol–water partition coefficient (Wildman–Crippen LogP) is 12.8. The number of hydrogen-bond donors (Lipinski definition) is 4. The van der Waals surface area contributed by atoms with E-state index in [2.05, 4.69) is 41.7 Å². The van der Waals surface area contributed by atoms with Crippen molar-refractivity contribution >= 4 is 116 Å². The fraction of sp³-hybridized carbons (Fsp3) is 0.182. The van der Waals surface area contributed by atoms with E-state index in [0.717, 1.165) is 62.4 Å². The number of benzene rings is 5. The number of halogens is 10. The molecule has 4 N–H and O–H groups in total. The van der Waals surface area contributed by atoms with Gasteiger partial charge in [0.1, 0.15) is 0 Å². The number of anilines is 4. The molecule has 5 aromatic carbocycles. The molecule has 4 amide bonds. The van der Waals surface area contributed by atoms with Gasteiger partial charge in [-0.3, -0.25) is 28.8 Å². The molecule has 0 heterocycles. The Kier molecular flexibility index (Phi) is 16.5. The van der Waals surface area contributed by atoms with Crippen LogP contribution in [0.4, 0.5) is 60.5 Å². The van der Waals surface area contributed by atoms with Gasteiger partial charge in [0, 0.05) is 11.4 Å². The van der Waals surface area contributed by atoms with Gasteiger partial charge in [0.2, 0.25) is 12.1 Å². The molecule has 0 aliphatic rings. The normalized spacial score (nSPS) is 12.7. The number of aryl methyl sites for hydroxylation is 2. The molecule has 68 heavy (non-hydrogen) atoms.